The summed E-state index contributed by atoms with van der Waals surface area (Å²) in [4.78, 5) is 6.66. The lowest BCUT2D eigenvalue weighted by Crippen LogP contribution is -2.35. The minimum Gasteiger partial charge on any atom is -0.378 e. The van der Waals surface area contributed by atoms with Crippen LogP contribution in [0.1, 0.15) is 11.1 Å². The third-order valence-corrected chi connectivity index (χ3v) is 4.84. The number of rotatable bonds is 5. The largest absolute Gasteiger partial charge is 0.378 e. The molecule has 0 radical (unpaired) electrons. The molecule has 1 aliphatic heterocycles. The van der Waals surface area contributed by atoms with E-state index in [-0.39, 0.29) is 25.4 Å². The lowest BCUT2D eigenvalue weighted by Gasteiger charge is -2.27. The Balaban J connectivity index is 0.00000225. The van der Waals surface area contributed by atoms with Gasteiger partial charge in [-0.25, -0.2) is 18.3 Å². The molecule has 1 aliphatic rings. The standard InChI is InChI=1S/C19H21F2N5O.ClH/c20-18(21)8-15-7-13(1-2-14(15)10-22)19-17-9-16(11-26(17)24-12-23-19)25-3-5-27-6-4-25;/h1-2,7,9,11-12,18H,3-6,8,10,22H2;1H. The van der Waals surface area contributed by atoms with Gasteiger partial charge < -0.3 is 15.4 Å². The summed E-state index contributed by atoms with van der Waals surface area (Å²) in [5.74, 6) is 0. The molecule has 0 atom stereocenters. The van der Waals surface area contributed by atoms with Crippen molar-refractivity contribution in [1.29, 1.82) is 0 Å². The number of nitrogens with zero attached hydrogens (tertiary/aromatic N) is 4. The number of alkyl halides is 2. The first-order chi connectivity index (χ1) is 13.2. The molecule has 1 saturated heterocycles. The van der Waals surface area contributed by atoms with Gasteiger partial charge in [-0.15, -0.1) is 12.4 Å². The van der Waals surface area contributed by atoms with Crippen LogP contribution in [-0.2, 0) is 17.7 Å². The van der Waals surface area contributed by atoms with Crippen LogP contribution in [0.5, 0.6) is 0 Å². The van der Waals surface area contributed by atoms with Crippen LogP contribution < -0.4 is 10.6 Å². The van der Waals surface area contributed by atoms with Crippen LogP contribution in [0.3, 0.4) is 0 Å². The van der Waals surface area contributed by atoms with Gasteiger partial charge in [0.25, 0.3) is 0 Å². The molecule has 150 valence electrons. The third kappa shape index (κ3) is 4.09. The van der Waals surface area contributed by atoms with E-state index >= 15 is 0 Å². The molecule has 6 nitrogen and oxygen atoms in total. The molecule has 0 unspecified atom stereocenters. The molecular formula is C19H22ClF2N5O. The zero-order valence-electron chi connectivity index (χ0n) is 15.2. The number of fused-ring (bicyclic) bond motifs is 1. The SMILES string of the molecule is Cl.NCc1ccc(-c2ncnn3cc(N4CCOCC4)cc23)cc1CC(F)F. The molecule has 1 fully saturated rings. The first kappa shape index (κ1) is 20.4. The number of aromatic nitrogens is 3. The summed E-state index contributed by atoms with van der Waals surface area (Å²) in [6.45, 7) is 3.27. The second-order valence-corrected chi connectivity index (χ2v) is 6.52. The van der Waals surface area contributed by atoms with E-state index in [1.54, 1.807) is 16.6 Å². The number of morpholine rings is 1. The lowest BCUT2D eigenvalue weighted by molar-refractivity contribution is 0.122. The average Bonchev–Trinajstić information content (AvgIpc) is 3.12. The summed E-state index contributed by atoms with van der Waals surface area (Å²) >= 11 is 0. The highest BCUT2D eigenvalue weighted by Gasteiger charge is 2.17. The topological polar surface area (TPSA) is 68.7 Å². The Morgan fingerprint density at radius 2 is 1.93 bits per heavy atom. The van der Waals surface area contributed by atoms with Crippen LogP contribution in [0.25, 0.3) is 16.8 Å². The molecular weight excluding hydrogens is 388 g/mol. The summed E-state index contributed by atoms with van der Waals surface area (Å²) in [5.41, 5.74) is 10.4. The monoisotopic (exact) mass is 409 g/mol. The van der Waals surface area contributed by atoms with Gasteiger partial charge in [0.2, 0.25) is 6.43 Å². The first-order valence-electron chi connectivity index (χ1n) is 8.92. The molecule has 0 aliphatic carbocycles. The number of benzene rings is 1. The quantitative estimate of drug-likeness (QED) is 0.701. The second kappa shape index (κ2) is 8.81. The maximum absolute atomic E-state index is 12.9. The molecule has 2 N–H and O–H groups in total. The van der Waals surface area contributed by atoms with E-state index in [0.29, 0.717) is 24.5 Å². The molecule has 3 heterocycles. The van der Waals surface area contributed by atoms with Crippen LogP contribution in [0.4, 0.5) is 14.5 Å². The Kier molecular flexibility index (Phi) is 6.43. The highest BCUT2D eigenvalue weighted by Crippen LogP contribution is 2.29. The zero-order valence-corrected chi connectivity index (χ0v) is 16.0. The molecule has 4 rings (SSSR count). The predicted molar refractivity (Wildman–Crippen MR) is 106 cm³/mol. The van der Waals surface area contributed by atoms with Gasteiger partial charge in [0.05, 0.1) is 36.3 Å². The minimum atomic E-state index is -2.42. The van der Waals surface area contributed by atoms with Gasteiger partial charge in [-0.1, -0.05) is 12.1 Å². The molecule has 0 bridgehead atoms. The van der Waals surface area contributed by atoms with Gasteiger partial charge in [-0.2, -0.15) is 5.10 Å². The lowest BCUT2D eigenvalue weighted by atomic mass is 9.99. The van der Waals surface area contributed by atoms with E-state index in [4.69, 9.17) is 10.5 Å². The highest BCUT2D eigenvalue weighted by molar-refractivity contribution is 5.85. The summed E-state index contributed by atoms with van der Waals surface area (Å²) in [7, 11) is 0. The molecule has 0 amide bonds. The van der Waals surface area contributed by atoms with Gasteiger partial charge in [0.1, 0.15) is 6.33 Å². The van der Waals surface area contributed by atoms with E-state index in [0.717, 1.165) is 35.4 Å². The van der Waals surface area contributed by atoms with Crippen molar-refractivity contribution >= 4 is 23.6 Å². The Labute approximate surface area is 167 Å². The normalized spacial score (nSPS) is 14.5. The molecule has 9 heteroatoms. The fraction of sp³-hybridized carbons (Fsp3) is 0.368. The van der Waals surface area contributed by atoms with E-state index in [1.807, 2.05) is 18.3 Å². The Hall–Kier alpha value is -2.29. The summed E-state index contributed by atoms with van der Waals surface area (Å²) in [6, 6.07) is 7.47. The van der Waals surface area contributed by atoms with Crippen molar-refractivity contribution < 1.29 is 13.5 Å². The third-order valence-electron chi connectivity index (χ3n) is 4.84. The number of anilines is 1. The second-order valence-electron chi connectivity index (χ2n) is 6.52. The molecule has 28 heavy (non-hydrogen) atoms. The van der Waals surface area contributed by atoms with Crippen LogP contribution >= 0.6 is 12.4 Å². The molecule has 2 aromatic heterocycles. The Bertz CT molecular complexity index is 943. The van der Waals surface area contributed by atoms with Crippen molar-refractivity contribution in [3.05, 3.63) is 47.9 Å². The Morgan fingerprint density at radius 3 is 2.64 bits per heavy atom. The van der Waals surface area contributed by atoms with Crippen LogP contribution in [0, 0.1) is 0 Å². The fourth-order valence-corrected chi connectivity index (χ4v) is 3.46. The van der Waals surface area contributed by atoms with Gasteiger partial charge in [0, 0.05) is 31.6 Å². The molecule has 0 spiro atoms. The van der Waals surface area contributed by atoms with Crippen molar-refractivity contribution in [2.75, 3.05) is 31.2 Å². The average molecular weight is 410 g/mol. The number of hydrogen-bond acceptors (Lipinski definition) is 5. The predicted octanol–water partition coefficient (Wildman–Crippen LogP) is 2.92. The highest BCUT2D eigenvalue weighted by atomic mass is 35.5. The molecule has 3 aromatic rings. The van der Waals surface area contributed by atoms with Gasteiger partial charge in [-0.05, 0) is 23.3 Å². The number of hydrogen-bond donors (Lipinski definition) is 1. The van der Waals surface area contributed by atoms with Crippen molar-refractivity contribution in [2.45, 2.75) is 19.4 Å². The van der Waals surface area contributed by atoms with Crippen molar-refractivity contribution in [1.82, 2.24) is 14.6 Å². The fourth-order valence-electron chi connectivity index (χ4n) is 3.46. The maximum Gasteiger partial charge on any atom is 0.242 e. The number of halogens is 3. The molecule has 1 aromatic carbocycles. The maximum atomic E-state index is 12.9. The number of ether oxygens (including phenoxy) is 1. The smallest absolute Gasteiger partial charge is 0.242 e. The minimum absolute atomic E-state index is 0. The first-order valence-corrected chi connectivity index (χ1v) is 8.92. The summed E-state index contributed by atoms with van der Waals surface area (Å²) in [5, 5.41) is 4.30. The van der Waals surface area contributed by atoms with Gasteiger partial charge in [-0.3, -0.25) is 0 Å². The van der Waals surface area contributed by atoms with E-state index < -0.39 is 6.43 Å². The van der Waals surface area contributed by atoms with Crippen molar-refractivity contribution in [3.8, 4) is 11.3 Å². The van der Waals surface area contributed by atoms with Gasteiger partial charge >= 0.3 is 0 Å². The van der Waals surface area contributed by atoms with E-state index in [2.05, 4.69) is 15.0 Å². The van der Waals surface area contributed by atoms with Crippen molar-refractivity contribution in [3.63, 3.8) is 0 Å². The zero-order chi connectivity index (χ0) is 18.8. The summed E-state index contributed by atoms with van der Waals surface area (Å²) < 4.78 is 33.1. The van der Waals surface area contributed by atoms with Crippen LogP contribution in [-0.4, -0.2) is 47.3 Å². The van der Waals surface area contributed by atoms with Crippen LogP contribution in [0.15, 0.2) is 36.8 Å². The summed E-state index contributed by atoms with van der Waals surface area (Å²) in [6.07, 6.45) is 0.703. The van der Waals surface area contributed by atoms with Gasteiger partial charge in [0.15, 0.2) is 0 Å². The number of nitrogens with two attached hydrogens (primary N) is 1. The van der Waals surface area contributed by atoms with E-state index in [9.17, 15) is 8.78 Å². The Morgan fingerprint density at radius 1 is 1.14 bits per heavy atom. The van der Waals surface area contributed by atoms with Crippen LogP contribution in [0.2, 0.25) is 0 Å². The van der Waals surface area contributed by atoms with E-state index in [1.165, 1.54) is 6.33 Å². The molecule has 0 saturated carbocycles. The van der Waals surface area contributed by atoms with Crippen molar-refractivity contribution in [2.24, 2.45) is 5.73 Å².